The Morgan fingerprint density at radius 1 is 1.30 bits per heavy atom. The molecule has 1 saturated carbocycles. The zero-order valence-electron chi connectivity index (χ0n) is 15.3. The number of aromatic nitrogens is 4. The molecule has 9 heteroatoms. The zero-order chi connectivity index (χ0) is 18.9. The first-order chi connectivity index (χ1) is 13.0. The van der Waals surface area contributed by atoms with E-state index in [1.54, 1.807) is 4.90 Å². The molecule has 5 rings (SSSR count). The predicted molar refractivity (Wildman–Crippen MR) is 98.6 cm³/mol. The summed E-state index contributed by atoms with van der Waals surface area (Å²) >= 11 is 0. The first kappa shape index (κ1) is 16.1. The molecule has 140 valence electrons. The van der Waals surface area contributed by atoms with E-state index in [0.717, 1.165) is 52.2 Å². The number of nitrogens with zero attached hydrogens (tertiary/aromatic N) is 5. The van der Waals surface area contributed by atoms with E-state index in [1.165, 1.54) is 6.33 Å². The number of primary amides is 1. The van der Waals surface area contributed by atoms with Gasteiger partial charge in [0.25, 0.3) is 0 Å². The van der Waals surface area contributed by atoms with Crippen LogP contribution in [-0.4, -0.2) is 30.6 Å². The van der Waals surface area contributed by atoms with Gasteiger partial charge >= 0.3 is 6.03 Å². The minimum atomic E-state index is -0.476. The molecule has 9 nitrogen and oxygen atoms in total. The molecule has 1 aliphatic heterocycles. The van der Waals surface area contributed by atoms with Crippen LogP contribution in [0.5, 0.6) is 0 Å². The zero-order valence-corrected chi connectivity index (χ0v) is 15.3. The second kappa shape index (κ2) is 5.45. The van der Waals surface area contributed by atoms with Crippen molar-refractivity contribution in [3.63, 3.8) is 0 Å². The van der Waals surface area contributed by atoms with Gasteiger partial charge in [-0.25, -0.2) is 14.8 Å². The van der Waals surface area contributed by atoms with Crippen LogP contribution in [0.15, 0.2) is 10.9 Å². The molecule has 27 heavy (non-hydrogen) atoms. The summed E-state index contributed by atoms with van der Waals surface area (Å²) in [6.07, 6.45) is 3.61. The third-order valence-electron chi connectivity index (χ3n) is 5.44. The van der Waals surface area contributed by atoms with E-state index < -0.39 is 6.03 Å². The van der Waals surface area contributed by atoms with Crippen molar-refractivity contribution in [3.05, 3.63) is 23.3 Å². The lowest BCUT2D eigenvalue weighted by molar-refractivity contribution is 0.200. The maximum absolute atomic E-state index is 12.1. The third kappa shape index (κ3) is 2.23. The molecule has 4 N–H and O–H groups in total. The summed E-state index contributed by atoms with van der Waals surface area (Å²) in [5, 5.41) is 5.15. The Bertz CT molecular complexity index is 1080. The van der Waals surface area contributed by atoms with Gasteiger partial charge in [-0.05, 0) is 26.7 Å². The van der Waals surface area contributed by atoms with E-state index in [0.29, 0.717) is 24.8 Å². The highest BCUT2D eigenvalue weighted by atomic mass is 16.5. The summed E-state index contributed by atoms with van der Waals surface area (Å²) in [5.74, 6) is 1.61. The Kier molecular flexibility index (Phi) is 3.25. The summed E-state index contributed by atoms with van der Waals surface area (Å²) in [7, 11) is 0. The van der Waals surface area contributed by atoms with Crippen LogP contribution in [0.3, 0.4) is 0 Å². The number of nitrogens with two attached hydrogens (primary N) is 2. The van der Waals surface area contributed by atoms with Crippen molar-refractivity contribution in [1.82, 2.24) is 24.6 Å². The van der Waals surface area contributed by atoms with Gasteiger partial charge in [-0.15, -0.1) is 0 Å². The predicted octanol–water partition coefficient (Wildman–Crippen LogP) is 2.52. The van der Waals surface area contributed by atoms with Crippen LogP contribution >= 0.6 is 0 Å². The number of nitrogen functional groups attached to an aromatic ring is 1. The fraction of sp³-hybridized carbons (Fsp3) is 0.444. The minimum Gasteiger partial charge on any atom is -0.383 e. The third-order valence-corrected chi connectivity index (χ3v) is 5.44. The minimum absolute atomic E-state index is 0.108. The highest BCUT2D eigenvalue weighted by molar-refractivity contribution is 6.02. The van der Waals surface area contributed by atoms with Crippen molar-refractivity contribution in [2.75, 3.05) is 5.73 Å². The van der Waals surface area contributed by atoms with Crippen molar-refractivity contribution in [2.24, 2.45) is 5.73 Å². The van der Waals surface area contributed by atoms with E-state index in [2.05, 4.69) is 33.5 Å². The molecule has 2 aliphatic rings. The average molecular weight is 367 g/mol. The molecule has 4 heterocycles. The van der Waals surface area contributed by atoms with Crippen LogP contribution in [0.2, 0.25) is 0 Å². The molecule has 0 bridgehead atoms. The maximum Gasteiger partial charge on any atom is 0.315 e. The molecule has 3 aromatic heterocycles. The fourth-order valence-corrected chi connectivity index (χ4v) is 4.09. The molecule has 0 radical (unpaired) electrons. The summed E-state index contributed by atoms with van der Waals surface area (Å²) in [5.41, 5.74) is 16.1. The van der Waals surface area contributed by atoms with Crippen LogP contribution in [0, 0.1) is 0 Å². The van der Waals surface area contributed by atoms with Crippen LogP contribution in [0.1, 0.15) is 55.7 Å². The van der Waals surface area contributed by atoms with Crippen molar-refractivity contribution in [3.8, 4) is 11.3 Å². The molecule has 0 spiro atoms. The smallest absolute Gasteiger partial charge is 0.315 e. The molecule has 0 aromatic carbocycles. The molecule has 1 fully saturated rings. The highest BCUT2D eigenvalue weighted by Crippen LogP contribution is 2.48. The number of rotatable bonds is 2. The van der Waals surface area contributed by atoms with Crippen molar-refractivity contribution < 1.29 is 9.32 Å². The molecule has 1 aliphatic carbocycles. The van der Waals surface area contributed by atoms with E-state index in [1.807, 2.05) is 0 Å². The largest absolute Gasteiger partial charge is 0.383 e. The number of hydrogen-bond acceptors (Lipinski definition) is 6. The Hall–Kier alpha value is -3.10. The lowest BCUT2D eigenvalue weighted by Gasteiger charge is -2.21. The first-order valence-electron chi connectivity index (χ1n) is 9.13. The molecule has 3 aromatic rings. The summed E-state index contributed by atoms with van der Waals surface area (Å²) in [6, 6.07) is -0.368. The van der Waals surface area contributed by atoms with Gasteiger partial charge in [-0.1, -0.05) is 5.16 Å². The molecule has 2 amide bonds. The molecule has 0 unspecified atom stereocenters. The Balaban J connectivity index is 1.89. The Morgan fingerprint density at radius 2 is 2.07 bits per heavy atom. The Morgan fingerprint density at radius 3 is 2.74 bits per heavy atom. The molecule has 0 saturated heterocycles. The number of urea groups is 1. The van der Waals surface area contributed by atoms with Gasteiger partial charge in [0.1, 0.15) is 29.2 Å². The van der Waals surface area contributed by atoms with E-state index in [4.69, 9.17) is 16.0 Å². The van der Waals surface area contributed by atoms with Crippen molar-refractivity contribution >= 4 is 22.9 Å². The van der Waals surface area contributed by atoms with Gasteiger partial charge in [0.05, 0.1) is 18.5 Å². The number of carbonyl (C=O) groups is 1. The van der Waals surface area contributed by atoms with Crippen LogP contribution < -0.4 is 11.5 Å². The van der Waals surface area contributed by atoms with E-state index in [9.17, 15) is 4.79 Å². The van der Waals surface area contributed by atoms with Crippen molar-refractivity contribution in [2.45, 2.75) is 51.7 Å². The lowest BCUT2D eigenvalue weighted by Crippen LogP contribution is -2.35. The highest BCUT2D eigenvalue weighted by Gasteiger charge is 2.38. The van der Waals surface area contributed by atoms with Gasteiger partial charge in [0, 0.05) is 28.8 Å². The summed E-state index contributed by atoms with van der Waals surface area (Å²) in [6.45, 7) is 4.87. The average Bonchev–Trinajstić information content (AvgIpc) is 3.32. The van der Waals surface area contributed by atoms with Crippen LogP contribution in [0.25, 0.3) is 22.3 Å². The quantitative estimate of drug-likeness (QED) is 0.716. The van der Waals surface area contributed by atoms with Gasteiger partial charge in [0.2, 0.25) is 0 Å². The van der Waals surface area contributed by atoms with Crippen molar-refractivity contribution in [1.29, 1.82) is 0 Å². The molecular formula is C18H21N7O2. The fourth-order valence-electron chi connectivity index (χ4n) is 4.09. The van der Waals surface area contributed by atoms with E-state index in [-0.39, 0.29) is 6.04 Å². The number of amides is 2. The topological polar surface area (TPSA) is 129 Å². The van der Waals surface area contributed by atoms with Crippen LogP contribution in [0.4, 0.5) is 10.6 Å². The van der Waals surface area contributed by atoms with Gasteiger partial charge in [-0.2, -0.15) is 0 Å². The monoisotopic (exact) mass is 367 g/mol. The second-order valence-corrected chi connectivity index (χ2v) is 7.59. The van der Waals surface area contributed by atoms with Crippen LogP contribution in [-0.2, 0) is 13.1 Å². The Labute approximate surface area is 155 Å². The molecular weight excluding hydrogens is 346 g/mol. The summed E-state index contributed by atoms with van der Waals surface area (Å²) in [4.78, 5) is 22.4. The van der Waals surface area contributed by atoms with Gasteiger partial charge in [0.15, 0.2) is 0 Å². The number of carbonyl (C=O) groups excluding carboxylic acids is 1. The summed E-state index contributed by atoms with van der Waals surface area (Å²) < 4.78 is 7.80. The standard InChI is InChI=1S/C18H21N7O2/c1-8(2)25-11-6-24(18(20)26)5-10-14(23-27-15(10)9-3-4-9)12(11)13-16(19)21-7-22-17(13)25/h7-9H,3-6H2,1-2H3,(H2,20,26)(H2,19,21,22). The van der Waals surface area contributed by atoms with E-state index >= 15 is 0 Å². The number of hydrogen-bond donors (Lipinski definition) is 2. The SMILES string of the molecule is CC(C)n1c2c(c3c(N)ncnc31)-c1noc(C3CC3)c1CN(C(N)=O)C2. The maximum atomic E-state index is 12.1. The van der Waals surface area contributed by atoms with Gasteiger partial charge in [-0.3, -0.25) is 0 Å². The lowest BCUT2D eigenvalue weighted by atomic mass is 10.0. The number of fused-ring (bicyclic) bond motifs is 5. The first-order valence-corrected chi connectivity index (χ1v) is 9.13. The normalized spacial score (nSPS) is 16.5. The second-order valence-electron chi connectivity index (χ2n) is 7.59. The number of anilines is 1. The van der Waals surface area contributed by atoms with Gasteiger partial charge < -0.3 is 25.5 Å². The molecule has 0 atom stereocenters.